The second kappa shape index (κ2) is 13.6. The molecule has 0 bridgehead atoms. The third kappa shape index (κ3) is 7.62. The first-order chi connectivity index (χ1) is 20.8. The number of nitrogens with one attached hydrogen (secondary N) is 1. The number of pyridine rings is 1. The lowest BCUT2D eigenvalue weighted by molar-refractivity contribution is 0.0589. The number of piperidine rings is 2. The molecule has 2 aliphatic heterocycles. The zero-order valence-electron chi connectivity index (χ0n) is 24.0. The molecule has 2 amide bonds. The minimum Gasteiger partial charge on any atom is -0.490 e. The van der Waals surface area contributed by atoms with Gasteiger partial charge in [-0.25, -0.2) is 4.39 Å². The van der Waals surface area contributed by atoms with Gasteiger partial charge in [0.05, 0.1) is 23.2 Å². The van der Waals surface area contributed by atoms with E-state index >= 15 is 0 Å². The zero-order valence-corrected chi connectivity index (χ0v) is 24.0. The van der Waals surface area contributed by atoms with Crippen LogP contribution in [0.25, 0.3) is 0 Å². The fourth-order valence-electron chi connectivity index (χ4n) is 5.42. The lowest BCUT2D eigenvalue weighted by atomic mass is 10.0. The summed E-state index contributed by atoms with van der Waals surface area (Å²) in [5, 5.41) is 11.7. The van der Waals surface area contributed by atoms with Crippen LogP contribution in [0.2, 0.25) is 0 Å². The first kappa shape index (κ1) is 29.9. The summed E-state index contributed by atoms with van der Waals surface area (Å²) in [6.07, 6.45) is 1.90. The molecule has 0 aliphatic carbocycles. The van der Waals surface area contributed by atoms with Gasteiger partial charge in [-0.15, -0.1) is 0 Å². The van der Waals surface area contributed by atoms with E-state index in [4.69, 9.17) is 10.00 Å². The van der Waals surface area contributed by atoms with Crippen LogP contribution < -0.4 is 10.1 Å². The van der Waals surface area contributed by atoms with Crippen LogP contribution in [0.4, 0.5) is 4.39 Å². The first-order valence-corrected chi connectivity index (χ1v) is 14.5. The number of alkyl halides is 1. The van der Waals surface area contributed by atoms with Crippen molar-refractivity contribution in [2.45, 2.75) is 51.0 Å². The fourth-order valence-corrected chi connectivity index (χ4v) is 5.42. The van der Waals surface area contributed by atoms with Crippen LogP contribution in [-0.2, 0) is 6.54 Å². The molecule has 9 nitrogen and oxygen atoms in total. The maximum atomic E-state index is 15.0. The molecule has 0 saturated carbocycles. The van der Waals surface area contributed by atoms with Crippen LogP contribution in [-0.4, -0.2) is 76.9 Å². The van der Waals surface area contributed by atoms with Gasteiger partial charge >= 0.3 is 0 Å². The van der Waals surface area contributed by atoms with Gasteiger partial charge in [-0.1, -0.05) is 12.1 Å². The van der Waals surface area contributed by atoms with E-state index in [1.165, 1.54) is 19.2 Å². The predicted octanol–water partition coefficient (Wildman–Crippen LogP) is 4.18. The molecule has 3 aromatic rings. The summed E-state index contributed by atoms with van der Waals surface area (Å²) >= 11 is 0. The topological polar surface area (TPSA) is 116 Å². The highest BCUT2D eigenvalue weighted by Gasteiger charge is 2.31. The van der Waals surface area contributed by atoms with E-state index in [0.717, 1.165) is 5.56 Å². The van der Waals surface area contributed by atoms with E-state index in [9.17, 15) is 18.8 Å². The number of nitrogens with zero attached hydrogens (tertiary/aromatic N) is 4. The van der Waals surface area contributed by atoms with Crippen molar-refractivity contribution in [3.8, 4) is 11.8 Å². The molecular formula is C33H34FN5O4. The van der Waals surface area contributed by atoms with Crippen LogP contribution in [0.15, 0.2) is 66.9 Å². The van der Waals surface area contributed by atoms with E-state index in [-0.39, 0.29) is 35.6 Å². The average Bonchev–Trinajstić information content (AvgIpc) is 3.03. The number of halogens is 1. The van der Waals surface area contributed by atoms with Crippen molar-refractivity contribution in [3.63, 3.8) is 0 Å². The number of ether oxygens (including phenoxy) is 1. The van der Waals surface area contributed by atoms with Crippen molar-refractivity contribution in [2.24, 2.45) is 0 Å². The van der Waals surface area contributed by atoms with Crippen molar-refractivity contribution in [1.82, 2.24) is 20.1 Å². The summed E-state index contributed by atoms with van der Waals surface area (Å²) in [6, 6.07) is 18.8. The number of benzene rings is 2. The Morgan fingerprint density at radius 2 is 1.67 bits per heavy atom. The van der Waals surface area contributed by atoms with Crippen LogP contribution in [0.5, 0.6) is 5.75 Å². The Hall–Kier alpha value is -4.62. The van der Waals surface area contributed by atoms with Crippen LogP contribution in [0.3, 0.4) is 0 Å². The van der Waals surface area contributed by atoms with Crippen LogP contribution in [0, 0.1) is 11.3 Å². The van der Waals surface area contributed by atoms with Gasteiger partial charge in [-0.3, -0.25) is 24.3 Å². The molecule has 2 aromatic carbocycles. The summed E-state index contributed by atoms with van der Waals surface area (Å²) in [5.74, 6) is 0.0597. The number of nitriles is 1. The molecule has 1 aromatic heterocycles. The van der Waals surface area contributed by atoms with Gasteiger partial charge < -0.3 is 15.0 Å². The third-order valence-electron chi connectivity index (χ3n) is 7.97. The molecule has 2 aliphatic rings. The molecule has 1 N–H and O–H groups in total. The molecule has 43 heavy (non-hydrogen) atoms. The highest BCUT2D eigenvalue weighted by Crippen LogP contribution is 2.21. The van der Waals surface area contributed by atoms with Gasteiger partial charge in [0.15, 0.2) is 5.78 Å². The van der Waals surface area contributed by atoms with E-state index in [0.29, 0.717) is 62.3 Å². The molecule has 10 heteroatoms. The minimum atomic E-state index is -1.23. The normalized spacial score (nSPS) is 19.3. The van der Waals surface area contributed by atoms with Crippen molar-refractivity contribution in [3.05, 3.63) is 94.8 Å². The van der Waals surface area contributed by atoms with Crippen LogP contribution in [0.1, 0.15) is 68.5 Å². The SMILES string of the molecule is CC(=O)c1ccc(OC2CCN(C(=O)c3ccc(C(=O)NC4CCN(Cc5ccc(C#N)cc5)C[C@H]4F)cn3)CC2)cc1. The highest BCUT2D eigenvalue weighted by atomic mass is 19.1. The summed E-state index contributed by atoms with van der Waals surface area (Å²) in [5.41, 5.74) is 2.74. The number of amides is 2. The molecule has 0 spiro atoms. The number of hydrogen-bond acceptors (Lipinski definition) is 7. The van der Waals surface area contributed by atoms with E-state index in [2.05, 4.69) is 16.4 Å². The van der Waals surface area contributed by atoms with Gasteiger partial charge in [-0.2, -0.15) is 5.26 Å². The number of carbonyl (C=O) groups excluding carboxylic acids is 3. The third-order valence-corrected chi connectivity index (χ3v) is 7.97. The number of Topliss-reactive ketones (excluding diaryl/α,β-unsaturated/α-hetero) is 1. The molecule has 5 rings (SSSR count). The molecule has 3 heterocycles. The number of ketones is 1. The first-order valence-electron chi connectivity index (χ1n) is 14.5. The largest absolute Gasteiger partial charge is 0.490 e. The van der Waals surface area contributed by atoms with Gasteiger partial charge in [0.25, 0.3) is 11.8 Å². The molecule has 2 atom stereocenters. The average molecular weight is 584 g/mol. The van der Waals surface area contributed by atoms with E-state index < -0.39 is 18.1 Å². The fraction of sp³-hybridized carbons (Fsp3) is 0.364. The lowest BCUT2D eigenvalue weighted by Gasteiger charge is -2.35. The Morgan fingerprint density at radius 3 is 2.28 bits per heavy atom. The standard InChI is InChI=1S/C33H34FN5O4/c1-22(40)25-6-9-27(10-7-25)43-28-12-16-39(17-13-28)33(42)31-11-8-26(19-36-31)32(41)37-30-14-15-38(21-29(30)34)20-24-4-2-23(18-35)3-5-24/h2-11,19,28-30H,12-17,20-21H2,1H3,(H,37,41)/t29-,30?/m1/s1. The Morgan fingerprint density at radius 1 is 0.977 bits per heavy atom. The monoisotopic (exact) mass is 583 g/mol. The summed E-state index contributed by atoms with van der Waals surface area (Å²) in [4.78, 5) is 45.3. The maximum Gasteiger partial charge on any atom is 0.272 e. The molecule has 2 saturated heterocycles. The Bertz CT molecular complexity index is 1480. The Balaban J connectivity index is 1.07. The molecule has 2 fully saturated rings. The van der Waals surface area contributed by atoms with E-state index in [1.54, 1.807) is 47.4 Å². The number of hydrogen-bond donors (Lipinski definition) is 1. The smallest absolute Gasteiger partial charge is 0.272 e. The van der Waals surface area contributed by atoms with E-state index in [1.807, 2.05) is 17.0 Å². The minimum absolute atomic E-state index is 0.00260. The summed E-state index contributed by atoms with van der Waals surface area (Å²) < 4.78 is 21.0. The van der Waals surface area contributed by atoms with Crippen molar-refractivity contribution >= 4 is 17.6 Å². The van der Waals surface area contributed by atoms with Crippen LogP contribution >= 0.6 is 0 Å². The zero-order chi connectivity index (χ0) is 30.3. The number of likely N-dealkylation sites (tertiary alicyclic amines) is 2. The van der Waals surface area contributed by atoms with Gasteiger partial charge in [0.1, 0.15) is 23.7 Å². The molecule has 222 valence electrons. The second-order valence-corrected chi connectivity index (χ2v) is 11.1. The summed E-state index contributed by atoms with van der Waals surface area (Å²) in [7, 11) is 0. The van der Waals surface area contributed by atoms with Gasteiger partial charge in [-0.05, 0) is 67.4 Å². The number of rotatable bonds is 8. The molecule has 0 radical (unpaired) electrons. The Labute approximate surface area is 250 Å². The summed E-state index contributed by atoms with van der Waals surface area (Å²) in [6.45, 7) is 3.96. The van der Waals surface area contributed by atoms with Gasteiger partial charge in [0, 0.05) is 57.3 Å². The van der Waals surface area contributed by atoms with Crippen molar-refractivity contribution in [2.75, 3.05) is 26.2 Å². The van der Waals surface area contributed by atoms with Crippen molar-refractivity contribution < 1.29 is 23.5 Å². The quantitative estimate of drug-likeness (QED) is 0.396. The Kier molecular flexibility index (Phi) is 9.42. The molecular weight excluding hydrogens is 549 g/mol. The predicted molar refractivity (Wildman–Crippen MR) is 157 cm³/mol. The highest BCUT2D eigenvalue weighted by molar-refractivity contribution is 5.96. The number of aromatic nitrogens is 1. The van der Waals surface area contributed by atoms with Crippen molar-refractivity contribution in [1.29, 1.82) is 5.26 Å². The maximum absolute atomic E-state index is 15.0. The lowest BCUT2D eigenvalue weighted by Crippen LogP contribution is -2.52. The van der Waals surface area contributed by atoms with Gasteiger partial charge in [0.2, 0.25) is 0 Å². The second-order valence-electron chi connectivity index (χ2n) is 11.1. The number of carbonyl (C=O) groups is 3. The molecule has 1 unspecified atom stereocenters.